The van der Waals surface area contributed by atoms with Gasteiger partial charge in [-0.2, -0.15) is 0 Å². The molecule has 1 aliphatic rings. The van der Waals surface area contributed by atoms with Crippen LogP contribution >= 0.6 is 0 Å². The van der Waals surface area contributed by atoms with Crippen LogP contribution in [0.25, 0.3) is 0 Å². The molecule has 2 amide bonds. The zero-order valence-corrected chi connectivity index (χ0v) is 20.8. The minimum Gasteiger partial charge on any atom is -0.497 e. The van der Waals surface area contributed by atoms with E-state index in [2.05, 4.69) is 44.7 Å². The Balaban J connectivity index is 1.23. The lowest BCUT2D eigenvalue weighted by Crippen LogP contribution is -2.48. The average Bonchev–Trinajstić information content (AvgIpc) is 2.91. The lowest BCUT2D eigenvalue weighted by molar-refractivity contribution is -0.117. The molecule has 3 aromatic rings. The monoisotopic (exact) mass is 486 g/mol. The van der Waals surface area contributed by atoms with E-state index in [0.29, 0.717) is 30.8 Å². The highest BCUT2D eigenvalue weighted by Gasteiger charge is 2.20. The first-order valence-corrected chi connectivity index (χ1v) is 12.4. The number of carbonyl (C=O) groups is 2. The van der Waals surface area contributed by atoms with Crippen molar-refractivity contribution in [2.24, 2.45) is 0 Å². The van der Waals surface area contributed by atoms with Crippen molar-refractivity contribution in [1.29, 1.82) is 0 Å². The third-order valence-electron chi connectivity index (χ3n) is 6.39. The molecule has 7 nitrogen and oxygen atoms in total. The fourth-order valence-corrected chi connectivity index (χ4v) is 4.34. The van der Waals surface area contributed by atoms with Crippen LogP contribution in [0.15, 0.2) is 78.9 Å². The first-order valence-electron chi connectivity index (χ1n) is 12.4. The number of amides is 2. The molecule has 0 unspecified atom stereocenters. The smallest absolute Gasteiger partial charge is 0.253 e. The maximum Gasteiger partial charge on any atom is 0.253 e. The Kier molecular flexibility index (Phi) is 9.08. The second-order valence-electron chi connectivity index (χ2n) is 8.99. The number of carbonyl (C=O) groups excluding carboxylic acids is 2. The molecule has 2 N–H and O–H groups in total. The second-order valence-corrected chi connectivity index (χ2v) is 8.99. The summed E-state index contributed by atoms with van der Waals surface area (Å²) in [5.74, 6) is 0.500. The fourth-order valence-electron chi connectivity index (χ4n) is 4.34. The number of benzene rings is 3. The zero-order chi connectivity index (χ0) is 25.2. The van der Waals surface area contributed by atoms with E-state index in [9.17, 15) is 9.59 Å². The molecule has 7 heteroatoms. The maximum atomic E-state index is 12.8. The quantitative estimate of drug-likeness (QED) is 0.459. The highest BCUT2D eigenvalue weighted by Crippen LogP contribution is 2.16. The molecule has 1 aliphatic heterocycles. The van der Waals surface area contributed by atoms with Gasteiger partial charge in [0.25, 0.3) is 5.91 Å². The van der Waals surface area contributed by atoms with Gasteiger partial charge in [0.2, 0.25) is 5.91 Å². The summed E-state index contributed by atoms with van der Waals surface area (Å²) in [6.07, 6.45) is 0.709. The van der Waals surface area contributed by atoms with Crippen LogP contribution in [-0.2, 0) is 17.8 Å². The standard InChI is InChI=1S/C29H34N4O3/c1-36-25-13-11-23(12-14-25)15-16-30-29(35)26-9-5-6-10-27(26)31-28(34)22-33-19-17-32(18-20-33)21-24-7-3-2-4-8-24/h2-14H,15-22H2,1H3,(H,30,35)(H,31,34). The Morgan fingerprint density at radius 3 is 2.19 bits per heavy atom. The van der Waals surface area contributed by atoms with Crippen LogP contribution in [0.4, 0.5) is 5.69 Å². The molecule has 0 aromatic heterocycles. The zero-order valence-electron chi connectivity index (χ0n) is 20.8. The number of para-hydroxylation sites is 1. The van der Waals surface area contributed by atoms with Gasteiger partial charge >= 0.3 is 0 Å². The van der Waals surface area contributed by atoms with Crippen LogP contribution < -0.4 is 15.4 Å². The van der Waals surface area contributed by atoms with Gasteiger partial charge in [-0.05, 0) is 41.8 Å². The molecule has 0 radical (unpaired) electrons. The van der Waals surface area contributed by atoms with Gasteiger partial charge in [0.05, 0.1) is 24.9 Å². The van der Waals surface area contributed by atoms with E-state index >= 15 is 0 Å². The van der Waals surface area contributed by atoms with Crippen LogP contribution in [0.3, 0.4) is 0 Å². The number of hydrogen-bond acceptors (Lipinski definition) is 5. The third kappa shape index (κ3) is 7.41. The molecular formula is C29H34N4O3. The van der Waals surface area contributed by atoms with Crippen LogP contribution in [0.1, 0.15) is 21.5 Å². The summed E-state index contributed by atoms with van der Waals surface area (Å²) < 4.78 is 5.18. The minimum atomic E-state index is -0.200. The van der Waals surface area contributed by atoms with Gasteiger partial charge < -0.3 is 15.4 Å². The van der Waals surface area contributed by atoms with Crippen molar-refractivity contribution >= 4 is 17.5 Å². The van der Waals surface area contributed by atoms with E-state index in [1.54, 1.807) is 25.3 Å². The second kappa shape index (κ2) is 12.9. The Morgan fingerprint density at radius 2 is 1.47 bits per heavy atom. The van der Waals surface area contributed by atoms with Gasteiger partial charge in [-0.15, -0.1) is 0 Å². The fraction of sp³-hybridized carbons (Fsp3) is 0.310. The molecule has 0 bridgehead atoms. The largest absolute Gasteiger partial charge is 0.497 e. The summed E-state index contributed by atoms with van der Waals surface area (Å²) in [6.45, 7) is 5.28. The molecule has 1 saturated heterocycles. The summed E-state index contributed by atoms with van der Waals surface area (Å²) in [5.41, 5.74) is 3.42. The first-order chi connectivity index (χ1) is 17.6. The Labute approximate surface area is 213 Å². The topological polar surface area (TPSA) is 73.9 Å². The number of nitrogens with zero attached hydrogens (tertiary/aromatic N) is 2. The predicted molar refractivity (Wildman–Crippen MR) is 142 cm³/mol. The molecule has 1 heterocycles. The Bertz CT molecular complexity index is 1130. The molecule has 0 spiro atoms. The summed E-state index contributed by atoms with van der Waals surface area (Å²) in [7, 11) is 1.64. The number of nitrogens with one attached hydrogen (secondary N) is 2. The van der Waals surface area contributed by atoms with Gasteiger partial charge in [-0.25, -0.2) is 0 Å². The van der Waals surface area contributed by atoms with E-state index in [4.69, 9.17) is 4.74 Å². The SMILES string of the molecule is COc1ccc(CCNC(=O)c2ccccc2NC(=O)CN2CCN(Cc3ccccc3)CC2)cc1. The van der Waals surface area contributed by atoms with Gasteiger partial charge in [0, 0.05) is 39.3 Å². The highest BCUT2D eigenvalue weighted by atomic mass is 16.5. The van der Waals surface area contributed by atoms with E-state index < -0.39 is 0 Å². The van der Waals surface area contributed by atoms with Crippen molar-refractivity contribution in [2.45, 2.75) is 13.0 Å². The van der Waals surface area contributed by atoms with E-state index in [1.807, 2.05) is 36.4 Å². The maximum absolute atomic E-state index is 12.8. The summed E-state index contributed by atoms with van der Waals surface area (Å²) >= 11 is 0. The third-order valence-corrected chi connectivity index (χ3v) is 6.39. The van der Waals surface area contributed by atoms with Crippen molar-refractivity contribution in [2.75, 3.05) is 51.7 Å². The molecule has 3 aromatic carbocycles. The Morgan fingerprint density at radius 1 is 0.806 bits per heavy atom. The van der Waals surface area contributed by atoms with Crippen molar-refractivity contribution in [3.8, 4) is 5.75 Å². The van der Waals surface area contributed by atoms with Gasteiger partial charge in [-0.1, -0.05) is 54.6 Å². The number of anilines is 1. The van der Waals surface area contributed by atoms with Crippen molar-refractivity contribution < 1.29 is 14.3 Å². The number of rotatable bonds is 10. The molecule has 1 fully saturated rings. The lowest BCUT2D eigenvalue weighted by Gasteiger charge is -2.34. The molecule has 0 aliphatic carbocycles. The Hall–Kier alpha value is -3.68. The summed E-state index contributed by atoms with van der Waals surface area (Å²) in [6, 6.07) is 25.4. The number of piperazine rings is 1. The van der Waals surface area contributed by atoms with E-state index in [-0.39, 0.29) is 11.8 Å². The minimum absolute atomic E-state index is 0.106. The number of methoxy groups -OCH3 is 1. The van der Waals surface area contributed by atoms with Gasteiger partial charge in [0.1, 0.15) is 5.75 Å². The van der Waals surface area contributed by atoms with Gasteiger partial charge in [-0.3, -0.25) is 19.4 Å². The first kappa shape index (κ1) is 25.4. The van der Waals surface area contributed by atoms with Crippen LogP contribution in [0.5, 0.6) is 5.75 Å². The highest BCUT2D eigenvalue weighted by molar-refractivity contribution is 6.04. The summed E-state index contributed by atoms with van der Waals surface area (Å²) in [5, 5.41) is 5.90. The van der Waals surface area contributed by atoms with Crippen molar-refractivity contribution in [1.82, 2.24) is 15.1 Å². The average molecular weight is 487 g/mol. The molecular weight excluding hydrogens is 452 g/mol. The number of ether oxygens (including phenoxy) is 1. The van der Waals surface area contributed by atoms with Crippen LogP contribution in [0, 0.1) is 0 Å². The van der Waals surface area contributed by atoms with E-state index in [1.165, 1.54) is 5.56 Å². The van der Waals surface area contributed by atoms with Crippen LogP contribution in [-0.4, -0.2) is 68.0 Å². The predicted octanol–water partition coefficient (Wildman–Crippen LogP) is 3.42. The van der Waals surface area contributed by atoms with Crippen molar-refractivity contribution in [3.05, 3.63) is 95.6 Å². The van der Waals surface area contributed by atoms with E-state index in [0.717, 1.165) is 44.0 Å². The molecule has 4 rings (SSSR count). The molecule has 36 heavy (non-hydrogen) atoms. The molecule has 0 atom stereocenters. The summed E-state index contributed by atoms with van der Waals surface area (Å²) in [4.78, 5) is 30.2. The normalized spacial score (nSPS) is 14.2. The molecule has 0 saturated carbocycles. The van der Waals surface area contributed by atoms with Gasteiger partial charge in [0.15, 0.2) is 0 Å². The molecule has 188 valence electrons. The van der Waals surface area contributed by atoms with Crippen molar-refractivity contribution in [3.63, 3.8) is 0 Å². The number of hydrogen-bond donors (Lipinski definition) is 2. The lowest BCUT2D eigenvalue weighted by atomic mass is 10.1. The van der Waals surface area contributed by atoms with Crippen LogP contribution in [0.2, 0.25) is 0 Å².